The fourth-order valence-corrected chi connectivity index (χ4v) is 5.27. The van der Waals surface area contributed by atoms with Crippen LogP contribution in [0.25, 0.3) is 0 Å². The van der Waals surface area contributed by atoms with Gasteiger partial charge in [0.05, 0.1) is 5.69 Å². The zero-order chi connectivity index (χ0) is 18.9. The van der Waals surface area contributed by atoms with Gasteiger partial charge in [-0.25, -0.2) is 9.97 Å². The highest BCUT2D eigenvalue weighted by Crippen LogP contribution is 2.44. The molecule has 2 aromatic heterocycles. The summed E-state index contributed by atoms with van der Waals surface area (Å²) in [6.07, 6.45) is 8.90. The van der Waals surface area contributed by atoms with Crippen molar-refractivity contribution >= 4 is 23.2 Å². The molecular weight excluding hydrogens is 356 g/mol. The Hall–Kier alpha value is -1.95. The van der Waals surface area contributed by atoms with Gasteiger partial charge in [0.2, 0.25) is 11.9 Å². The summed E-state index contributed by atoms with van der Waals surface area (Å²) in [4.78, 5) is 27.7. The molecule has 1 amide bonds. The fourth-order valence-electron chi connectivity index (χ4n) is 4.52. The molecule has 0 radical (unpaired) electrons. The Bertz CT molecular complexity index is 801. The molecule has 1 fully saturated rings. The lowest BCUT2D eigenvalue weighted by atomic mass is 9.77. The average molecular weight is 385 g/mol. The number of anilines is 1. The van der Waals surface area contributed by atoms with E-state index in [-0.39, 0.29) is 5.41 Å². The Morgan fingerprint density at radius 2 is 2.26 bits per heavy atom. The summed E-state index contributed by atoms with van der Waals surface area (Å²) in [6.45, 7) is 1.71. The topological polar surface area (TPSA) is 49.3 Å². The molecule has 2 aromatic rings. The maximum Gasteiger partial charge on any atom is 0.225 e. The van der Waals surface area contributed by atoms with Gasteiger partial charge in [0.15, 0.2) is 0 Å². The number of aromatic nitrogens is 2. The molecule has 144 valence electrons. The van der Waals surface area contributed by atoms with Crippen LogP contribution in [0.15, 0.2) is 23.7 Å². The van der Waals surface area contributed by atoms with E-state index in [4.69, 9.17) is 4.98 Å². The van der Waals surface area contributed by atoms with Gasteiger partial charge in [-0.1, -0.05) is 6.07 Å². The number of thiophene rings is 1. The van der Waals surface area contributed by atoms with Crippen LogP contribution in [0.2, 0.25) is 0 Å². The van der Waals surface area contributed by atoms with Crippen molar-refractivity contribution in [2.45, 2.75) is 50.4 Å². The molecule has 0 bridgehead atoms. The lowest BCUT2D eigenvalue weighted by Crippen LogP contribution is -2.48. The number of rotatable bonds is 5. The predicted molar refractivity (Wildman–Crippen MR) is 109 cm³/mol. The van der Waals surface area contributed by atoms with Gasteiger partial charge in [0.25, 0.3) is 0 Å². The summed E-state index contributed by atoms with van der Waals surface area (Å²) >= 11 is 1.78. The minimum absolute atomic E-state index is 0.0324. The molecule has 1 atom stereocenters. The first kappa shape index (κ1) is 18.4. The minimum atomic E-state index is 0.0324. The summed E-state index contributed by atoms with van der Waals surface area (Å²) in [7, 11) is 3.96. The molecule has 1 aliphatic heterocycles. The number of hydrogen-bond acceptors (Lipinski definition) is 5. The van der Waals surface area contributed by atoms with Crippen molar-refractivity contribution in [1.29, 1.82) is 0 Å². The first-order chi connectivity index (χ1) is 13.1. The molecule has 0 aromatic carbocycles. The van der Waals surface area contributed by atoms with E-state index in [0.717, 1.165) is 57.6 Å². The summed E-state index contributed by atoms with van der Waals surface area (Å²) in [6, 6.07) is 4.24. The van der Waals surface area contributed by atoms with Crippen LogP contribution in [0.1, 0.15) is 48.2 Å². The number of likely N-dealkylation sites (tertiary alicyclic amines) is 1. The van der Waals surface area contributed by atoms with Crippen LogP contribution >= 0.6 is 11.3 Å². The zero-order valence-electron chi connectivity index (χ0n) is 16.3. The Labute approximate surface area is 165 Å². The van der Waals surface area contributed by atoms with Gasteiger partial charge in [-0.2, -0.15) is 0 Å². The maximum absolute atomic E-state index is 12.8. The van der Waals surface area contributed by atoms with Crippen molar-refractivity contribution < 1.29 is 4.79 Å². The molecule has 5 nitrogen and oxygen atoms in total. The van der Waals surface area contributed by atoms with E-state index in [1.165, 1.54) is 16.1 Å². The summed E-state index contributed by atoms with van der Waals surface area (Å²) in [5, 5.41) is 2.10. The summed E-state index contributed by atoms with van der Waals surface area (Å²) < 4.78 is 0. The van der Waals surface area contributed by atoms with Gasteiger partial charge in [0.1, 0.15) is 0 Å². The largest absolute Gasteiger partial charge is 0.347 e. The van der Waals surface area contributed by atoms with Gasteiger partial charge in [-0.05, 0) is 55.5 Å². The van der Waals surface area contributed by atoms with E-state index in [9.17, 15) is 4.79 Å². The quantitative estimate of drug-likeness (QED) is 0.792. The molecule has 1 saturated heterocycles. The van der Waals surface area contributed by atoms with Crippen LogP contribution in [-0.2, 0) is 23.1 Å². The highest BCUT2D eigenvalue weighted by molar-refractivity contribution is 7.09. The first-order valence-electron chi connectivity index (χ1n) is 9.91. The normalized spacial score (nSPS) is 21.5. The van der Waals surface area contributed by atoms with Gasteiger partial charge in [-0.3, -0.25) is 4.79 Å². The van der Waals surface area contributed by atoms with Crippen LogP contribution in [0.4, 0.5) is 5.95 Å². The van der Waals surface area contributed by atoms with Crippen LogP contribution in [0, 0.1) is 0 Å². The number of carbonyl (C=O) groups is 1. The summed E-state index contributed by atoms with van der Waals surface area (Å²) in [5.41, 5.74) is 2.50. The Kier molecular flexibility index (Phi) is 5.17. The monoisotopic (exact) mass is 384 g/mol. The number of amides is 1. The Morgan fingerprint density at radius 1 is 1.37 bits per heavy atom. The Morgan fingerprint density at radius 3 is 3.04 bits per heavy atom. The summed E-state index contributed by atoms with van der Waals surface area (Å²) in [5.74, 6) is 1.08. The third-order valence-electron chi connectivity index (χ3n) is 5.95. The SMILES string of the molecule is CN(C)c1ncc2c(n1)C1(CCCN(C(=O)CCCc3cccs3)C1)CC2. The van der Waals surface area contributed by atoms with Gasteiger partial charge in [0, 0.05) is 50.1 Å². The number of carbonyl (C=O) groups excluding carboxylic acids is 1. The zero-order valence-corrected chi connectivity index (χ0v) is 17.1. The fraction of sp³-hybridized carbons (Fsp3) is 0.571. The number of hydrogen-bond donors (Lipinski definition) is 0. The van der Waals surface area contributed by atoms with E-state index in [0.29, 0.717) is 12.3 Å². The second kappa shape index (κ2) is 7.58. The van der Waals surface area contributed by atoms with E-state index in [1.54, 1.807) is 11.3 Å². The minimum Gasteiger partial charge on any atom is -0.347 e. The van der Waals surface area contributed by atoms with Crippen molar-refractivity contribution in [3.8, 4) is 0 Å². The molecule has 6 heteroatoms. The van der Waals surface area contributed by atoms with Crippen LogP contribution in [-0.4, -0.2) is 48.0 Å². The number of nitrogens with zero attached hydrogens (tertiary/aromatic N) is 4. The molecule has 27 heavy (non-hydrogen) atoms. The number of fused-ring (bicyclic) bond motifs is 2. The maximum atomic E-state index is 12.8. The molecule has 1 spiro atoms. The molecule has 4 rings (SSSR count). The lowest BCUT2D eigenvalue weighted by Gasteiger charge is -2.40. The van der Waals surface area contributed by atoms with E-state index >= 15 is 0 Å². The van der Waals surface area contributed by atoms with Crippen molar-refractivity contribution in [1.82, 2.24) is 14.9 Å². The number of piperidine rings is 1. The van der Waals surface area contributed by atoms with E-state index in [1.807, 2.05) is 25.2 Å². The van der Waals surface area contributed by atoms with Crippen LogP contribution < -0.4 is 4.90 Å². The van der Waals surface area contributed by atoms with Crippen LogP contribution in [0.5, 0.6) is 0 Å². The van der Waals surface area contributed by atoms with Gasteiger partial charge in [-0.15, -0.1) is 11.3 Å². The third kappa shape index (κ3) is 3.72. The Balaban J connectivity index is 1.44. The van der Waals surface area contributed by atoms with Gasteiger partial charge < -0.3 is 9.80 Å². The second-order valence-electron chi connectivity index (χ2n) is 8.07. The van der Waals surface area contributed by atoms with Gasteiger partial charge >= 0.3 is 0 Å². The highest BCUT2D eigenvalue weighted by Gasteiger charge is 2.44. The van der Waals surface area contributed by atoms with Crippen molar-refractivity contribution in [3.05, 3.63) is 39.8 Å². The third-order valence-corrected chi connectivity index (χ3v) is 6.89. The second-order valence-corrected chi connectivity index (χ2v) is 9.10. The smallest absolute Gasteiger partial charge is 0.225 e. The highest BCUT2D eigenvalue weighted by atomic mass is 32.1. The molecule has 0 saturated carbocycles. The van der Waals surface area contributed by atoms with Crippen molar-refractivity contribution in [2.75, 3.05) is 32.1 Å². The van der Waals surface area contributed by atoms with Crippen molar-refractivity contribution in [3.63, 3.8) is 0 Å². The molecule has 3 heterocycles. The molecule has 2 aliphatic rings. The van der Waals surface area contributed by atoms with E-state index in [2.05, 4.69) is 27.4 Å². The number of aryl methyl sites for hydroxylation is 2. The molecule has 0 N–H and O–H groups in total. The van der Waals surface area contributed by atoms with Crippen LogP contribution in [0.3, 0.4) is 0 Å². The van der Waals surface area contributed by atoms with Crippen molar-refractivity contribution in [2.24, 2.45) is 0 Å². The molecule has 1 unspecified atom stereocenters. The lowest BCUT2D eigenvalue weighted by molar-refractivity contribution is -0.133. The molecular formula is C21H28N4OS. The standard InChI is InChI=1S/C21H28N4OS/c1-24(2)20-22-14-16-9-11-21(19(16)23-20)10-5-12-25(15-21)18(26)8-3-6-17-7-4-13-27-17/h4,7,13-14H,3,5-6,8-12,15H2,1-2H3. The molecule has 1 aliphatic carbocycles. The predicted octanol–water partition coefficient (Wildman–Crippen LogP) is 3.43. The average Bonchev–Trinajstić information content (AvgIpc) is 3.30. The van der Waals surface area contributed by atoms with E-state index < -0.39 is 0 Å². The first-order valence-corrected chi connectivity index (χ1v) is 10.8.